The molecule has 0 saturated heterocycles. The molecule has 1 amide bonds. The van der Waals surface area contributed by atoms with Crippen molar-refractivity contribution in [2.75, 3.05) is 23.7 Å². The molecule has 1 N–H and O–H groups in total. The van der Waals surface area contributed by atoms with Crippen molar-refractivity contribution in [2.24, 2.45) is 0 Å². The van der Waals surface area contributed by atoms with Crippen LogP contribution in [0.2, 0.25) is 0 Å². The van der Waals surface area contributed by atoms with Crippen molar-refractivity contribution < 1.29 is 22.0 Å². The van der Waals surface area contributed by atoms with Crippen LogP contribution < -0.4 is 9.62 Å². The van der Waals surface area contributed by atoms with Crippen molar-refractivity contribution in [3.8, 4) is 0 Å². The summed E-state index contributed by atoms with van der Waals surface area (Å²) in [5.41, 5.74) is 1.10. The first-order chi connectivity index (χ1) is 14.2. The zero-order valence-corrected chi connectivity index (χ0v) is 17.6. The van der Waals surface area contributed by atoms with Crippen molar-refractivity contribution in [1.29, 1.82) is 0 Å². The molecule has 0 bridgehead atoms. The van der Waals surface area contributed by atoms with Crippen LogP contribution in [0.4, 0.5) is 14.5 Å². The highest BCUT2D eigenvalue weighted by molar-refractivity contribution is 7.92. The Kier molecular flexibility index (Phi) is 5.30. The highest BCUT2D eigenvalue weighted by Crippen LogP contribution is 2.43. The smallest absolute Gasteiger partial charge is 0.251 e. The Balaban J connectivity index is 1.55. The molecule has 1 saturated carbocycles. The van der Waals surface area contributed by atoms with E-state index in [-0.39, 0.29) is 18.0 Å². The third-order valence-electron chi connectivity index (χ3n) is 6.24. The summed E-state index contributed by atoms with van der Waals surface area (Å²) in [6.45, 7) is 0.505. The number of rotatable bonds is 5. The Bertz CT molecular complexity index is 1080. The van der Waals surface area contributed by atoms with E-state index in [2.05, 4.69) is 5.32 Å². The van der Waals surface area contributed by atoms with Crippen molar-refractivity contribution in [2.45, 2.75) is 37.5 Å². The molecule has 160 valence electrons. The van der Waals surface area contributed by atoms with Gasteiger partial charge in [0.15, 0.2) is 0 Å². The summed E-state index contributed by atoms with van der Waals surface area (Å²) in [5, 5.41) is 2.86. The fourth-order valence-electron chi connectivity index (χ4n) is 4.78. The van der Waals surface area contributed by atoms with E-state index in [1.54, 1.807) is 18.2 Å². The SMILES string of the molecule is CS(=O)(=O)N1CCc2cc(C(=O)NCC3(c4c(F)cccc4F)CCCC3)ccc21. The number of anilines is 1. The van der Waals surface area contributed by atoms with Crippen LogP contribution in [0.5, 0.6) is 0 Å². The second-order valence-electron chi connectivity index (χ2n) is 8.20. The minimum Gasteiger partial charge on any atom is -0.351 e. The summed E-state index contributed by atoms with van der Waals surface area (Å²) in [6, 6.07) is 8.78. The predicted molar refractivity (Wildman–Crippen MR) is 111 cm³/mol. The molecule has 1 fully saturated rings. The molecule has 2 aromatic carbocycles. The molecule has 2 aliphatic rings. The van der Waals surface area contributed by atoms with Gasteiger partial charge in [0.25, 0.3) is 5.91 Å². The number of carbonyl (C=O) groups is 1. The highest BCUT2D eigenvalue weighted by Gasteiger charge is 2.40. The van der Waals surface area contributed by atoms with Crippen LogP contribution in [-0.4, -0.2) is 33.7 Å². The maximum atomic E-state index is 14.5. The number of carbonyl (C=O) groups excluding carboxylic acids is 1. The van der Waals surface area contributed by atoms with Crippen LogP contribution in [0.25, 0.3) is 0 Å². The number of benzene rings is 2. The van der Waals surface area contributed by atoms with E-state index in [1.807, 2.05) is 0 Å². The number of amides is 1. The minimum absolute atomic E-state index is 0.0561. The van der Waals surface area contributed by atoms with E-state index >= 15 is 0 Å². The van der Waals surface area contributed by atoms with Crippen molar-refractivity contribution in [3.63, 3.8) is 0 Å². The molecule has 0 unspecified atom stereocenters. The van der Waals surface area contributed by atoms with E-state index in [0.29, 0.717) is 37.1 Å². The standard InChI is InChI=1S/C22H24F2N2O3S/c1-30(28,29)26-12-9-15-13-16(7-8-19(15)26)21(27)25-14-22(10-2-3-11-22)20-17(23)5-4-6-18(20)24/h4-8,13H,2-3,9-12,14H2,1H3,(H,25,27). The van der Waals surface area contributed by atoms with E-state index in [1.165, 1.54) is 22.5 Å². The van der Waals surface area contributed by atoms with E-state index < -0.39 is 27.1 Å². The van der Waals surface area contributed by atoms with Gasteiger partial charge in [0, 0.05) is 29.6 Å². The Morgan fingerprint density at radius 1 is 1.13 bits per heavy atom. The monoisotopic (exact) mass is 434 g/mol. The topological polar surface area (TPSA) is 66.5 Å². The number of sulfonamides is 1. The number of hydrogen-bond acceptors (Lipinski definition) is 3. The second kappa shape index (κ2) is 7.65. The summed E-state index contributed by atoms with van der Waals surface area (Å²) >= 11 is 0. The van der Waals surface area contributed by atoms with E-state index in [4.69, 9.17) is 0 Å². The number of nitrogens with one attached hydrogen (secondary N) is 1. The second-order valence-corrected chi connectivity index (χ2v) is 10.1. The first-order valence-corrected chi connectivity index (χ1v) is 11.9. The van der Waals surface area contributed by atoms with Gasteiger partial charge in [0.05, 0.1) is 11.9 Å². The lowest BCUT2D eigenvalue weighted by molar-refractivity contribution is 0.0942. The van der Waals surface area contributed by atoms with Gasteiger partial charge in [-0.05, 0) is 55.2 Å². The van der Waals surface area contributed by atoms with Gasteiger partial charge in [-0.3, -0.25) is 9.10 Å². The lowest BCUT2D eigenvalue weighted by atomic mass is 9.78. The van der Waals surface area contributed by atoms with Crippen LogP contribution in [0.3, 0.4) is 0 Å². The Morgan fingerprint density at radius 2 is 1.80 bits per heavy atom. The molecular weight excluding hydrogens is 410 g/mol. The lowest BCUT2D eigenvalue weighted by Crippen LogP contribution is -2.40. The van der Waals surface area contributed by atoms with E-state index in [9.17, 15) is 22.0 Å². The summed E-state index contributed by atoms with van der Waals surface area (Å²) in [4.78, 5) is 12.8. The van der Waals surface area contributed by atoms with Gasteiger partial charge in [-0.15, -0.1) is 0 Å². The number of nitrogens with zero attached hydrogens (tertiary/aromatic N) is 1. The van der Waals surface area contributed by atoms with Gasteiger partial charge < -0.3 is 5.32 Å². The van der Waals surface area contributed by atoms with Crippen LogP contribution in [0, 0.1) is 11.6 Å². The first-order valence-electron chi connectivity index (χ1n) is 10.0. The Morgan fingerprint density at radius 3 is 2.43 bits per heavy atom. The Labute approximate surface area is 175 Å². The van der Waals surface area contributed by atoms with E-state index in [0.717, 1.165) is 24.7 Å². The highest BCUT2D eigenvalue weighted by atomic mass is 32.2. The molecule has 1 aliphatic carbocycles. The molecule has 0 atom stereocenters. The first kappa shape index (κ1) is 20.8. The van der Waals surface area contributed by atoms with Gasteiger partial charge in [-0.1, -0.05) is 18.9 Å². The van der Waals surface area contributed by atoms with Gasteiger partial charge in [0.1, 0.15) is 11.6 Å². The molecule has 0 aromatic heterocycles. The molecular formula is C22H24F2N2O3S. The molecule has 0 spiro atoms. The normalized spacial score (nSPS) is 17.8. The largest absolute Gasteiger partial charge is 0.351 e. The van der Waals surface area contributed by atoms with Crippen molar-refractivity contribution in [1.82, 2.24) is 5.32 Å². The third-order valence-corrected chi connectivity index (χ3v) is 7.42. The average Bonchev–Trinajstić information content (AvgIpc) is 3.33. The van der Waals surface area contributed by atoms with Gasteiger partial charge in [-0.2, -0.15) is 0 Å². The third kappa shape index (κ3) is 3.69. The van der Waals surface area contributed by atoms with Crippen LogP contribution in [-0.2, 0) is 21.9 Å². The number of hydrogen-bond donors (Lipinski definition) is 1. The summed E-state index contributed by atoms with van der Waals surface area (Å²) < 4.78 is 54.0. The van der Waals surface area contributed by atoms with Crippen LogP contribution in [0.15, 0.2) is 36.4 Å². The number of halogens is 2. The number of fused-ring (bicyclic) bond motifs is 1. The quantitative estimate of drug-likeness (QED) is 0.783. The molecule has 5 nitrogen and oxygen atoms in total. The molecule has 4 rings (SSSR count). The molecule has 1 aliphatic heterocycles. The summed E-state index contributed by atoms with van der Waals surface area (Å²) in [6.07, 6.45) is 4.62. The zero-order valence-electron chi connectivity index (χ0n) is 16.7. The van der Waals surface area contributed by atoms with Gasteiger partial charge >= 0.3 is 0 Å². The maximum absolute atomic E-state index is 14.5. The van der Waals surface area contributed by atoms with Crippen molar-refractivity contribution in [3.05, 3.63) is 64.7 Å². The molecule has 1 heterocycles. The minimum atomic E-state index is -3.36. The molecule has 0 radical (unpaired) electrons. The predicted octanol–water partition coefficient (Wildman–Crippen LogP) is 3.53. The summed E-state index contributed by atoms with van der Waals surface area (Å²) in [7, 11) is -3.36. The zero-order chi connectivity index (χ0) is 21.5. The Hall–Kier alpha value is -2.48. The summed E-state index contributed by atoms with van der Waals surface area (Å²) in [5.74, 6) is -1.49. The van der Waals surface area contributed by atoms with Gasteiger partial charge in [-0.25, -0.2) is 17.2 Å². The average molecular weight is 435 g/mol. The molecule has 2 aromatic rings. The lowest BCUT2D eigenvalue weighted by Gasteiger charge is -2.30. The fraction of sp³-hybridized carbons (Fsp3) is 0.409. The molecule has 8 heteroatoms. The maximum Gasteiger partial charge on any atom is 0.251 e. The van der Waals surface area contributed by atoms with Crippen LogP contribution in [0.1, 0.15) is 47.2 Å². The molecule has 30 heavy (non-hydrogen) atoms. The van der Waals surface area contributed by atoms with Crippen LogP contribution >= 0.6 is 0 Å². The van der Waals surface area contributed by atoms with Crippen molar-refractivity contribution >= 4 is 21.6 Å². The van der Waals surface area contributed by atoms with Gasteiger partial charge in [0.2, 0.25) is 10.0 Å². The fourth-order valence-corrected chi connectivity index (χ4v) is 5.74.